The van der Waals surface area contributed by atoms with Gasteiger partial charge in [0.05, 0.1) is 50.6 Å². The fourth-order valence-electron chi connectivity index (χ4n) is 4.35. The third-order valence-corrected chi connectivity index (χ3v) is 6.49. The zero-order valence-electron chi connectivity index (χ0n) is 21.2. The molecule has 192 valence electrons. The number of aliphatic hydroxyl groups excluding tert-OH is 1. The molecule has 0 aromatic rings. The van der Waals surface area contributed by atoms with Crippen LogP contribution < -0.4 is 0 Å². The van der Waals surface area contributed by atoms with Gasteiger partial charge in [0.2, 0.25) is 0 Å². The standard InChI is InChI=1S/C26H46O7/c1-6-7-8-9-21-10-12-22(13-11-21)23(18-33-25(29)26(3,4)19-30-5)17-32-24(28)20(2)16-31-15-14-27/h21-23,27H,2,6-19H2,1,3-5H3. The van der Waals surface area contributed by atoms with Gasteiger partial charge in [0.1, 0.15) is 0 Å². The number of carbonyl (C=O) groups is 2. The second-order valence-electron chi connectivity index (χ2n) is 9.93. The smallest absolute Gasteiger partial charge is 0.335 e. The summed E-state index contributed by atoms with van der Waals surface area (Å²) in [4.78, 5) is 24.9. The molecular formula is C26H46O7. The van der Waals surface area contributed by atoms with Gasteiger partial charge in [-0.1, -0.05) is 52.0 Å². The van der Waals surface area contributed by atoms with Crippen molar-refractivity contribution in [3.8, 4) is 0 Å². The van der Waals surface area contributed by atoms with E-state index in [0.29, 0.717) is 5.92 Å². The van der Waals surface area contributed by atoms with Gasteiger partial charge in [0.25, 0.3) is 0 Å². The molecule has 1 N–H and O–H groups in total. The number of ether oxygens (including phenoxy) is 4. The second-order valence-corrected chi connectivity index (χ2v) is 9.93. The van der Waals surface area contributed by atoms with E-state index in [1.54, 1.807) is 21.0 Å². The van der Waals surface area contributed by atoms with E-state index in [1.807, 2.05) is 0 Å². The van der Waals surface area contributed by atoms with Crippen LogP contribution in [0.25, 0.3) is 0 Å². The minimum atomic E-state index is -0.731. The highest BCUT2D eigenvalue weighted by atomic mass is 16.6. The number of hydrogen-bond donors (Lipinski definition) is 1. The van der Waals surface area contributed by atoms with Gasteiger partial charge in [-0.3, -0.25) is 4.79 Å². The van der Waals surface area contributed by atoms with Crippen molar-refractivity contribution in [2.75, 3.05) is 46.8 Å². The summed E-state index contributed by atoms with van der Waals surface area (Å²) in [6, 6.07) is 0. The van der Waals surface area contributed by atoms with Crippen LogP contribution in [0.15, 0.2) is 12.2 Å². The van der Waals surface area contributed by atoms with Crippen LogP contribution in [0, 0.1) is 23.2 Å². The highest BCUT2D eigenvalue weighted by Gasteiger charge is 2.33. The molecule has 1 fully saturated rings. The molecule has 7 nitrogen and oxygen atoms in total. The zero-order valence-corrected chi connectivity index (χ0v) is 21.2. The molecule has 1 rings (SSSR count). The summed E-state index contributed by atoms with van der Waals surface area (Å²) in [5, 5.41) is 8.79. The van der Waals surface area contributed by atoms with Gasteiger partial charge in [-0.2, -0.15) is 0 Å². The molecule has 1 aliphatic carbocycles. The second kappa shape index (κ2) is 16.2. The molecule has 0 radical (unpaired) electrons. The van der Waals surface area contributed by atoms with Crippen molar-refractivity contribution >= 4 is 11.9 Å². The number of aliphatic hydroxyl groups is 1. The lowest BCUT2D eigenvalue weighted by atomic mass is 9.75. The van der Waals surface area contributed by atoms with Crippen LogP contribution in [-0.2, 0) is 28.5 Å². The van der Waals surface area contributed by atoms with E-state index >= 15 is 0 Å². The van der Waals surface area contributed by atoms with Gasteiger partial charge < -0.3 is 24.1 Å². The molecule has 0 aliphatic heterocycles. The Morgan fingerprint density at radius 3 is 2.36 bits per heavy atom. The first-order chi connectivity index (χ1) is 15.7. The summed E-state index contributed by atoms with van der Waals surface area (Å²) in [5.74, 6) is 0.229. The van der Waals surface area contributed by atoms with Crippen LogP contribution in [0.5, 0.6) is 0 Å². The van der Waals surface area contributed by atoms with Crippen molar-refractivity contribution in [1.82, 2.24) is 0 Å². The maximum atomic E-state index is 12.6. The Hall–Kier alpha value is -1.44. The Labute approximate surface area is 200 Å². The minimum absolute atomic E-state index is 0.0210. The number of rotatable bonds is 17. The van der Waals surface area contributed by atoms with E-state index in [9.17, 15) is 9.59 Å². The van der Waals surface area contributed by atoms with Crippen LogP contribution in [0.1, 0.15) is 72.1 Å². The summed E-state index contributed by atoms with van der Waals surface area (Å²) in [6.07, 6.45) is 9.56. The molecular weight excluding hydrogens is 424 g/mol. The first kappa shape index (κ1) is 29.6. The van der Waals surface area contributed by atoms with Gasteiger partial charge in [-0.15, -0.1) is 0 Å². The Balaban J connectivity index is 2.66. The van der Waals surface area contributed by atoms with Crippen molar-refractivity contribution in [2.24, 2.45) is 23.2 Å². The van der Waals surface area contributed by atoms with Crippen molar-refractivity contribution in [3.63, 3.8) is 0 Å². The normalized spacial score (nSPS) is 19.7. The van der Waals surface area contributed by atoms with E-state index in [2.05, 4.69) is 13.5 Å². The molecule has 0 aromatic heterocycles. The summed E-state index contributed by atoms with van der Waals surface area (Å²) in [7, 11) is 1.56. The van der Waals surface area contributed by atoms with Crippen molar-refractivity contribution in [2.45, 2.75) is 72.1 Å². The zero-order chi connectivity index (χ0) is 24.7. The maximum Gasteiger partial charge on any atom is 0.335 e. The molecule has 0 aromatic carbocycles. The molecule has 33 heavy (non-hydrogen) atoms. The molecule has 1 saturated carbocycles. The monoisotopic (exact) mass is 470 g/mol. The average molecular weight is 471 g/mol. The maximum absolute atomic E-state index is 12.6. The molecule has 0 amide bonds. The third-order valence-electron chi connectivity index (χ3n) is 6.49. The Morgan fingerprint density at radius 1 is 1.09 bits per heavy atom. The number of esters is 2. The number of hydrogen-bond acceptors (Lipinski definition) is 7. The SMILES string of the molecule is C=C(COCCO)C(=O)OCC(COC(=O)C(C)(C)COC)C1CCC(CCCCC)CC1. The van der Waals surface area contributed by atoms with Crippen LogP contribution >= 0.6 is 0 Å². The van der Waals surface area contributed by atoms with E-state index in [1.165, 1.54) is 38.5 Å². The van der Waals surface area contributed by atoms with Crippen LogP contribution in [0.2, 0.25) is 0 Å². The van der Waals surface area contributed by atoms with Gasteiger partial charge in [0.15, 0.2) is 0 Å². The summed E-state index contributed by atoms with van der Waals surface area (Å²) in [5.41, 5.74) is -0.523. The molecule has 1 atom stereocenters. The highest BCUT2D eigenvalue weighted by molar-refractivity contribution is 5.87. The van der Waals surface area contributed by atoms with Crippen LogP contribution in [0.4, 0.5) is 0 Å². The van der Waals surface area contributed by atoms with Gasteiger partial charge in [-0.05, 0) is 38.5 Å². The average Bonchev–Trinajstić information content (AvgIpc) is 2.79. The summed E-state index contributed by atoms with van der Waals surface area (Å²) in [6.45, 7) is 10.3. The van der Waals surface area contributed by atoms with Crippen molar-refractivity contribution in [3.05, 3.63) is 12.2 Å². The lowest BCUT2D eigenvalue weighted by molar-refractivity contribution is -0.160. The third kappa shape index (κ3) is 11.5. The van der Waals surface area contributed by atoms with Gasteiger partial charge in [0, 0.05) is 13.0 Å². The molecule has 0 saturated heterocycles. The predicted octanol–water partition coefficient (Wildman–Crippen LogP) is 4.31. The number of unbranched alkanes of at least 4 members (excludes halogenated alkanes) is 2. The largest absolute Gasteiger partial charge is 0.465 e. The Kier molecular flexibility index (Phi) is 14.6. The minimum Gasteiger partial charge on any atom is -0.465 e. The molecule has 0 heterocycles. The first-order valence-corrected chi connectivity index (χ1v) is 12.4. The van der Waals surface area contributed by atoms with Gasteiger partial charge >= 0.3 is 11.9 Å². The summed E-state index contributed by atoms with van der Waals surface area (Å²) < 4.78 is 21.5. The fraction of sp³-hybridized carbons (Fsp3) is 0.846. The molecule has 1 aliphatic rings. The predicted molar refractivity (Wildman–Crippen MR) is 128 cm³/mol. The number of carbonyl (C=O) groups excluding carboxylic acids is 2. The first-order valence-electron chi connectivity index (χ1n) is 12.4. The van der Waals surface area contributed by atoms with Crippen molar-refractivity contribution < 1.29 is 33.6 Å². The topological polar surface area (TPSA) is 91.3 Å². The quantitative estimate of drug-likeness (QED) is 0.192. The molecule has 7 heteroatoms. The Morgan fingerprint density at radius 2 is 1.76 bits per heavy atom. The lowest BCUT2D eigenvalue weighted by Crippen LogP contribution is -2.35. The van der Waals surface area contributed by atoms with E-state index in [-0.39, 0.29) is 57.1 Å². The lowest BCUT2D eigenvalue weighted by Gasteiger charge is -2.34. The fourth-order valence-corrected chi connectivity index (χ4v) is 4.35. The van der Waals surface area contributed by atoms with Crippen LogP contribution in [-0.4, -0.2) is 63.8 Å². The van der Waals surface area contributed by atoms with E-state index < -0.39 is 11.4 Å². The van der Waals surface area contributed by atoms with Gasteiger partial charge in [-0.25, -0.2) is 4.79 Å². The van der Waals surface area contributed by atoms with E-state index in [0.717, 1.165) is 18.8 Å². The van der Waals surface area contributed by atoms with Crippen molar-refractivity contribution in [1.29, 1.82) is 0 Å². The molecule has 1 unspecified atom stereocenters. The van der Waals surface area contributed by atoms with E-state index in [4.69, 9.17) is 24.1 Å². The molecule has 0 spiro atoms. The number of methoxy groups -OCH3 is 1. The van der Waals surface area contributed by atoms with Crippen LogP contribution in [0.3, 0.4) is 0 Å². The summed E-state index contributed by atoms with van der Waals surface area (Å²) >= 11 is 0. The molecule has 0 bridgehead atoms. The highest BCUT2D eigenvalue weighted by Crippen LogP contribution is 2.36. The Bertz CT molecular complexity index is 579.